The van der Waals surface area contributed by atoms with E-state index in [0.29, 0.717) is 68.9 Å². The van der Waals surface area contributed by atoms with Crippen LogP contribution in [0.15, 0.2) is 97.1 Å². The highest BCUT2D eigenvalue weighted by molar-refractivity contribution is 14.1. The largest absolute Gasteiger partial charge is 0.450 e. The molecule has 2 atom stereocenters. The minimum absolute atomic E-state index is 0.0399. The van der Waals surface area contributed by atoms with Crippen molar-refractivity contribution in [2.24, 2.45) is 16.2 Å². The fourth-order valence-corrected chi connectivity index (χ4v) is 18.7. The van der Waals surface area contributed by atoms with Crippen LogP contribution in [0.1, 0.15) is 237 Å². The second-order valence-corrected chi connectivity index (χ2v) is 32.0. The number of ether oxygens (including phenoxy) is 3. The highest BCUT2D eigenvalue weighted by Gasteiger charge is 2.61. The molecule has 4 aliphatic carbocycles. The first-order valence-electron chi connectivity index (χ1n) is 35.2. The molecular formula is C79H106IN5O10. The average molecular weight is 1410 g/mol. The maximum atomic E-state index is 13.2. The van der Waals surface area contributed by atoms with E-state index in [1.165, 1.54) is 16.7 Å². The third-order valence-electron chi connectivity index (χ3n) is 24.1. The summed E-state index contributed by atoms with van der Waals surface area (Å²) in [7, 11) is 0. The number of fused-ring (bicyclic) bond motifs is 10. The van der Waals surface area contributed by atoms with Gasteiger partial charge in [0, 0.05) is 111 Å². The van der Waals surface area contributed by atoms with Gasteiger partial charge in [0.05, 0.1) is 6.61 Å². The maximum Gasteiger partial charge on any atom is 0.410 e. The molecule has 4 aromatic rings. The van der Waals surface area contributed by atoms with E-state index >= 15 is 0 Å². The molecular weight excluding hydrogens is 1310 g/mol. The van der Waals surface area contributed by atoms with E-state index in [2.05, 4.69) is 111 Å². The quantitative estimate of drug-likeness (QED) is 0.115. The molecule has 0 aromatic heterocycles. The first-order valence-corrected chi connectivity index (χ1v) is 37.3. The van der Waals surface area contributed by atoms with Crippen molar-refractivity contribution < 1.29 is 47.8 Å². The molecule has 6 fully saturated rings. The molecule has 6 saturated heterocycles. The summed E-state index contributed by atoms with van der Waals surface area (Å²) >= 11 is 2.15. The third-order valence-corrected chi connectivity index (χ3v) is 24.1. The van der Waals surface area contributed by atoms with Crippen molar-refractivity contribution in [3.05, 3.63) is 142 Å². The summed E-state index contributed by atoms with van der Waals surface area (Å²) in [5.41, 5.74) is 6.30. The Morgan fingerprint density at radius 3 is 1.21 bits per heavy atom. The van der Waals surface area contributed by atoms with Gasteiger partial charge in [-0.2, -0.15) is 0 Å². The summed E-state index contributed by atoms with van der Waals surface area (Å²) in [5, 5.41) is 3.41. The van der Waals surface area contributed by atoms with E-state index in [1.54, 1.807) is 9.80 Å². The predicted molar refractivity (Wildman–Crippen MR) is 381 cm³/mol. The van der Waals surface area contributed by atoms with Crippen molar-refractivity contribution in [3.8, 4) is 0 Å². The van der Waals surface area contributed by atoms with Crippen molar-refractivity contribution in [1.82, 2.24) is 24.9 Å². The third kappa shape index (κ3) is 13.0. The zero-order valence-corrected chi connectivity index (χ0v) is 61.4. The first-order chi connectivity index (χ1) is 44.9. The molecule has 0 saturated carbocycles. The molecule has 95 heavy (non-hydrogen) atoms. The minimum atomic E-state index is -0.485. The molecule has 6 heterocycles. The number of hydrogen-bond donors (Lipinski definition) is 1. The van der Waals surface area contributed by atoms with Crippen LogP contribution in [0.25, 0.3) is 0 Å². The van der Waals surface area contributed by atoms with Crippen LogP contribution in [0, 0.1) is 16.2 Å². The van der Waals surface area contributed by atoms with Crippen molar-refractivity contribution in [2.45, 2.75) is 224 Å². The summed E-state index contributed by atoms with van der Waals surface area (Å²) in [5.74, 6) is 1.10. The normalized spacial score (nSPS) is 24.7. The lowest BCUT2D eigenvalue weighted by molar-refractivity contribution is 0.00841. The van der Waals surface area contributed by atoms with Gasteiger partial charge in [-0.3, -0.25) is 19.2 Å². The Morgan fingerprint density at radius 2 is 0.821 bits per heavy atom. The smallest absolute Gasteiger partial charge is 0.410 e. The number of amides is 3. The van der Waals surface area contributed by atoms with Gasteiger partial charge in [0.15, 0.2) is 23.1 Å². The zero-order valence-electron chi connectivity index (χ0n) is 59.3. The van der Waals surface area contributed by atoms with Crippen LogP contribution in [-0.2, 0) is 35.9 Å². The molecule has 2 unspecified atom stereocenters. The fourth-order valence-electron chi connectivity index (χ4n) is 18.7. The lowest BCUT2D eigenvalue weighted by atomic mass is 9.60. The van der Waals surface area contributed by atoms with Gasteiger partial charge >= 0.3 is 18.3 Å². The number of piperidine rings is 5. The highest BCUT2D eigenvalue weighted by atomic mass is 127. The van der Waals surface area contributed by atoms with Crippen LogP contribution in [0.2, 0.25) is 0 Å². The monoisotopic (exact) mass is 1410 g/mol. The van der Waals surface area contributed by atoms with Crippen LogP contribution in [0.4, 0.5) is 14.4 Å². The Kier molecular flexibility index (Phi) is 20.7. The molecule has 0 radical (unpaired) electrons. The predicted octanol–water partition coefficient (Wildman–Crippen LogP) is 15.7. The minimum Gasteiger partial charge on any atom is -0.450 e. The number of ketones is 4. The number of benzene rings is 4. The molecule has 1 N–H and O–H groups in total. The first kappa shape index (κ1) is 71.8. The summed E-state index contributed by atoms with van der Waals surface area (Å²) < 4.78 is 16.2. The van der Waals surface area contributed by atoms with E-state index in [-0.39, 0.29) is 62.3 Å². The van der Waals surface area contributed by atoms with Gasteiger partial charge in [-0.25, -0.2) is 14.4 Å². The van der Waals surface area contributed by atoms with Crippen LogP contribution in [0.5, 0.6) is 0 Å². The van der Waals surface area contributed by atoms with Crippen molar-refractivity contribution in [2.75, 3.05) is 63.9 Å². The Labute approximate surface area is 579 Å². The Morgan fingerprint density at radius 1 is 0.474 bits per heavy atom. The van der Waals surface area contributed by atoms with Crippen LogP contribution >= 0.6 is 22.6 Å². The summed E-state index contributed by atoms with van der Waals surface area (Å²) in [6, 6.07) is 33.6. The number of nitrogens with zero attached hydrogens (tertiary/aromatic N) is 4. The van der Waals surface area contributed by atoms with E-state index in [1.807, 2.05) is 119 Å². The van der Waals surface area contributed by atoms with Gasteiger partial charge in [0.25, 0.3) is 0 Å². The molecule has 514 valence electrons. The molecule has 3 amide bonds. The number of Topliss-reactive ketones (excluding diaryl/α,β-unsaturated/α-hetero) is 4. The lowest BCUT2D eigenvalue weighted by Gasteiger charge is -2.50. The molecule has 16 heteroatoms. The van der Waals surface area contributed by atoms with Crippen molar-refractivity contribution in [3.63, 3.8) is 0 Å². The van der Waals surface area contributed by atoms with E-state index in [9.17, 15) is 33.6 Å². The topological polar surface area (TPSA) is 172 Å². The van der Waals surface area contributed by atoms with Crippen molar-refractivity contribution in [1.29, 1.82) is 0 Å². The zero-order chi connectivity index (χ0) is 68.9. The number of nitrogens with one attached hydrogen (secondary N) is 1. The number of alkyl halides is 1. The standard InChI is InChI=1S/C25H34N2O3.C20H27NO3.C18H23NO3.C15H19NO.CH3I/c1-4-30-23(29)27-17-9-10-18(27)16-19(15-17)26-13-11-25(12-14-26)21-8-6-5-7-20(21)22(28)24(25,2)3;1-18(2,3)24-17(23)21-12-10-20(11-13-21)15-9-7-6-8-14(15)16(22)19(20,4)5;1-17(2,3)22-16(21)19-10-8-18(9-11-19)12-15(20)13-6-4-5-7-14(13)18;1-14(2)13(17)11-5-3-4-6-12(11)15(14)7-9-16-10-8-15;1-2/h5-8,17-19H,4,9-16H2,1-3H3;6-9H,10-13H2,1-5H3;4-7H,8-12H2,1-3H3;3-6,16H,7-10H2,1-2H3;1H3. The van der Waals surface area contributed by atoms with E-state index in [0.717, 1.165) is 131 Å². The number of hydrogen-bond acceptors (Lipinski definition) is 12. The number of carbonyl (C=O) groups excluding carboxylic acids is 7. The van der Waals surface area contributed by atoms with Gasteiger partial charge in [-0.15, -0.1) is 0 Å². The Bertz CT molecular complexity index is 3510. The SMILES string of the molecule is CC(C)(C)OC(=O)N1CCC2(CC1)CC(=O)c1ccccc12.CC(C)(C)OC(=O)N1CCC2(CC1)c1ccccc1C(=O)C2(C)C.CC1(C)C(=O)c2ccccc2C12CCNCC2.CCOC(=O)N1C2CCC1CC(N1CCC3(CC1)c1ccccc1C(=O)C3(C)C)C2.CI. The number of likely N-dealkylation sites (tertiary alicyclic amines) is 3. The Hall–Kier alpha value is -5.98. The van der Waals surface area contributed by atoms with Gasteiger partial charge < -0.3 is 39.1 Å². The van der Waals surface area contributed by atoms with Crippen molar-refractivity contribution >= 4 is 64.0 Å². The number of carbonyl (C=O) groups is 7. The molecule has 10 aliphatic rings. The molecule has 6 aliphatic heterocycles. The molecule has 4 spiro atoms. The van der Waals surface area contributed by atoms with Gasteiger partial charge in [0.2, 0.25) is 0 Å². The molecule has 2 bridgehead atoms. The molecule has 15 nitrogen and oxygen atoms in total. The molecule has 4 aromatic carbocycles. The van der Waals surface area contributed by atoms with E-state index in [4.69, 9.17) is 14.2 Å². The summed E-state index contributed by atoms with van der Waals surface area (Å²) in [4.78, 5) is 97.9. The summed E-state index contributed by atoms with van der Waals surface area (Å²) in [6.45, 7) is 32.9. The van der Waals surface area contributed by atoms with Gasteiger partial charge in [-0.1, -0.05) is 161 Å². The van der Waals surface area contributed by atoms with Crippen LogP contribution in [0.3, 0.4) is 0 Å². The van der Waals surface area contributed by atoms with Gasteiger partial charge in [0.1, 0.15) is 11.2 Å². The second-order valence-electron chi connectivity index (χ2n) is 32.0. The lowest BCUT2D eigenvalue weighted by Crippen LogP contribution is -2.56. The average Bonchev–Trinajstić information content (AvgIpc) is 1.58. The van der Waals surface area contributed by atoms with Gasteiger partial charge in [-0.05, 0) is 179 Å². The van der Waals surface area contributed by atoms with Crippen LogP contribution < -0.4 is 5.32 Å². The summed E-state index contributed by atoms with van der Waals surface area (Å²) in [6.07, 6.45) is 11.7. The highest BCUT2D eigenvalue weighted by Crippen LogP contribution is 2.60. The second kappa shape index (κ2) is 27.4. The van der Waals surface area contributed by atoms with E-state index < -0.39 is 16.6 Å². The molecule has 14 rings (SSSR count). The number of rotatable bonds is 2. The number of halogens is 1. The fraction of sp³-hybridized carbons (Fsp3) is 0.608. The van der Waals surface area contributed by atoms with Crippen LogP contribution in [-0.4, -0.2) is 154 Å². The Balaban J connectivity index is 0.000000139. The maximum absolute atomic E-state index is 13.2.